The molecule has 0 bridgehead atoms. The molecule has 3 nitrogen and oxygen atoms in total. The Balaban J connectivity index is 3.42. The summed E-state index contributed by atoms with van der Waals surface area (Å²) in [6.07, 6.45) is 13.9. The van der Waals surface area contributed by atoms with E-state index in [1.807, 2.05) is 24.3 Å². The minimum absolute atomic E-state index is 0.154. The quantitative estimate of drug-likeness (QED) is 0.211. The second-order valence-corrected chi connectivity index (χ2v) is 3.92. The molecule has 3 heteroatoms. The van der Waals surface area contributed by atoms with Crippen molar-refractivity contribution in [1.29, 1.82) is 0 Å². The second-order valence-electron chi connectivity index (χ2n) is 3.92. The van der Waals surface area contributed by atoms with Crippen LogP contribution in [0.15, 0.2) is 24.3 Å². The maximum absolute atomic E-state index is 10.8. The highest BCUT2D eigenvalue weighted by molar-refractivity contribution is 5.68. The van der Waals surface area contributed by atoms with Gasteiger partial charge in [-0.3, -0.25) is 4.79 Å². The van der Waals surface area contributed by atoms with Crippen molar-refractivity contribution in [1.82, 2.24) is 0 Å². The van der Waals surface area contributed by atoms with E-state index < -0.39 is 0 Å². The SMILES string of the molecule is COC(=O)CCCCC#CC/C=C\C/C=C\CC=O. The molecule has 0 rings (SSSR count). The summed E-state index contributed by atoms with van der Waals surface area (Å²) in [5, 5.41) is 0. The Kier molecular flexibility index (Phi) is 12.9. The van der Waals surface area contributed by atoms with Crippen molar-refractivity contribution in [3.63, 3.8) is 0 Å². The van der Waals surface area contributed by atoms with Crippen LogP contribution in [0.2, 0.25) is 0 Å². The van der Waals surface area contributed by atoms with Gasteiger partial charge in [0.2, 0.25) is 0 Å². The second kappa shape index (κ2) is 14.2. The largest absolute Gasteiger partial charge is 0.469 e. The van der Waals surface area contributed by atoms with Gasteiger partial charge in [-0.2, -0.15) is 0 Å². The van der Waals surface area contributed by atoms with Gasteiger partial charge >= 0.3 is 5.97 Å². The van der Waals surface area contributed by atoms with Gasteiger partial charge in [-0.1, -0.05) is 30.2 Å². The van der Waals surface area contributed by atoms with E-state index in [-0.39, 0.29) is 5.97 Å². The predicted octanol–water partition coefficient (Wildman–Crippen LogP) is 3.20. The molecule has 0 saturated heterocycles. The first-order valence-corrected chi connectivity index (χ1v) is 6.57. The van der Waals surface area contributed by atoms with Crippen molar-refractivity contribution in [2.24, 2.45) is 0 Å². The molecule has 0 aromatic rings. The Hall–Kier alpha value is -1.82. The molecular formula is C16H22O3. The molecule has 0 heterocycles. The van der Waals surface area contributed by atoms with Gasteiger partial charge in [-0.15, -0.1) is 5.92 Å². The zero-order valence-electron chi connectivity index (χ0n) is 11.6. The van der Waals surface area contributed by atoms with Crippen molar-refractivity contribution >= 4 is 12.3 Å². The van der Waals surface area contributed by atoms with Crippen LogP contribution in [0.4, 0.5) is 0 Å². The molecule has 0 aliphatic rings. The molecule has 0 unspecified atom stereocenters. The number of ether oxygens (including phenoxy) is 1. The number of unbranched alkanes of at least 4 members (excludes halogenated alkanes) is 2. The topological polar surface area (TPSA) is 43.4 Å². The first kappa shape index (κ1) is 17.2. The smallest absolute Gasteiger partial charge is 0.305 e. The van der Waals surface area contributed by atoms with Crippen LogP contribution in [0.25, 0.3) is 0 Å². The average Bonchev–Trinajstić information content (AvgIpc) is 2.43. The number of methoxy groups -OCH3 is 1. The molecule has 0 N–H and O–H groups in total. The summed E-state index contributed by atoms with van der Waals surface area (Å²) in [6, 6.07) is 0. The van der Waals surface area contributed by atoms with Crippen LogP contribution in [0.1, 0.15) is 44.9 Å². The fourth-order valence-electron chi connectivity index (χ4n) is 1.31. The van der Waals surface area contributed by atoms with E-state index >= 15 is 0 Å². The van der Waals surface area contributed by atoms with E-state index in [9.17, 15) is 9.59 Å². The van der Waals surface area contributed by atoms with Crippen LogP contribution in [-0.4, -0.2) is 19.4 Å². The molecule has 0 atom stereocenters. The maximum atomic E-state index is 10.8. The number of allylic oxidation sites excluding steroid dienone is 4. The third kappa shape index (κ3) is 14.1. The summed E-state index contributed by atoms with van der Waals surface area (Å²) < 4.78 is 4.55. The van der Waals surface area contributed by atoms with Crippen LogP contribution in [0.5, 0.6) is 0 Å². The van der Waals surface area contributed by atoms with E-state index in [1.54, 1.807) is 0 Å². The van der Waals surface area contributed by atoms with Gasteiger partial charge in [0.05, 0.1) is 7.11 Å². The minimum Gasteiger partial charge on any atom is -0.469 e. The molecule has 104 valence electrons. The first-order chi connectivity index (χ1) is 9.31. The Morgan fingerprint density at radius 2 is 1.79 bits per heavy atom. The molecule has 0 saturated carbocycles. The van der Waals surface area contributed by atoms with Crippen LogP contribution in [0.3, 0.4) is 0 Å². The van der Waals surface area contributed by atoms with E-state index in [0.29, 0.717) is 12.8 Å². The number of carbonyl (C=O) groups excluding carboxylic acids is 2. The van der Waals surface area contributed by atoms with Gasteiger partial charge in [-0.05, 0) is 19.3 Å². The lowest BCUT2D eigenvalue weighted by molar-refractivity contribution is -0.140. The number of carbonyl (C=O) groups is 2. The number of esters is 1. The van der Waals surface area contributed by atoms with Crippen molar-refractivity contribution < 1.29 is 14.3 Å². The molecule has 0 fully saturated rings. The highest BCUT2D eigenvalue weighted by Crippen LogP contribution is 2.00. The number of hydrogen-bond acceptors (Lipinski definition) is 3. The summed E-state index contributed by atoms with van der Waals surface area (Å²) in [5.41, 5.74) is 0. The fourth-order valence-corrected chi connectivity index (χ4v) is 1.31. The van der Waals surface area contributed by atoms with Gasteiger partial charge < -0.3 is 9.53 Å². The maximum Gasteiger partial charge on any atom is 0.305 e. The first-order valence-electron chi connectivity index (χ1n) is 6.57. The third-order valence-electron chi connectivity index (χ3n) is 2.34. The summed E-state index contributed by atoms with van der Waals surface area (Å²) in [5.74, 6) is 5.97. The van der Waals surface area contributed by atoms with Gasteiger partial charge in [0.15, 0.2) is 0 Å². The van der Waals surface area contributed by atoms with Crippen molar-refractivity contribution in [2.75, 3.05) is 7.11 Å². The van der Waals surface area contributed by atoms with Crippen molar-refractivity contribution in [3.8, 4) is 11.8 Å². The van der Waals surface area contributed by atoms with E-state index in [1.165, 1.54) is 7.11 Å². The summed E-state index contributed by atoms with van der Waals surface area (Å²) >= 11 is 0. The summed E-state index contributed by atoms with van der Waals surface area (Å²) in [7, 11) is 1.41. The molecule has 0 aliphatic carbocycles. The monoisotopic (exact) mass is 262 g/mol. The fraction of sp³-hybridized carbons (Fsp3) is 0.500. The number of rotatable bonds is 9. The van der Waals surface area contributed by atoms with Crippen molar-refractivity contribution in [2.45, 2.75) is 44.9 Å². The van der Waals surface area contributed by atoms with E-state index in [2.05, 4.69) is 16.6 Å². The molecule has 0 spiro atoms. The predicted molar refractivity (Wildman–Crippen MR) is 76.5 cm³/mol. The van der Waals surface area contributed by atoms with Gasteiger partial charge in [0.25, 0.3) is 0 Å². The van der Waals surface area contributed by atoms with E-state index in [0.717, 1.165) is 38.4 Å². The normalized spacial score (nSPS) is 10.4. The lowest BCUT2D eigenvalue weighted by Gasteiger charge is -1.95. The van der Waals surface area contributed by atoms with Crippen molar-refractivity contribution in [3.05, 3.63) is 24.3 Å². The Morgan fingerprint density at radius 3 is 2.53 bits per heavy atom. The summed E-state index contributed by atoms with van der Waals surface area (Å²) in [6.45, 7) is 0. The highest BCUT2D eigenvalue weighted by Gasteiger charge is 1.97. The van der Waals surface area contributed by atoms with Crippen LogP contribution in [-0.2, 0) is 14.3 Å². The van der Waals surface area contributed by atoms with Gasteiger partial charge in [0.1, 0.15) is 6.29 Å². The molecule has 0 amide bonds. The Labute approximate surface area is 115 Å². The standard InChI is InChI=1S/C16H22O3/c1-19-16(18)14-12-10-8-6-4-2-3-5-7-9-11-13-15-17/h3,5,9,11,15H,2,7-8,10,12-14H2,1H3/b5-3-,11-9-. The molecule has 0 aromatic heterocycles. The lowest BCUT2D eigenvalue weighted by atomic mass is 10.2. The average molecular weight is 262 g/mol. The summed E-state index contributed by atoms with van der Waals surface area (Å²) in [4.78, 5) is 20.8. The van der Waals surface area contributed by atoms with E-state index in [4.69, 9.17) is 0 Å². The number of hydrogen-bond donors (Lipinski definition) is 0. The molecule has 19 heavy (non-hydrogen) atoms. The number of aldehydes is 1. The van der Waals surface area contributed by atoms with Gasteiger partial charge in [0, 0.05) is 25.7 Å². The molecule has 0 radical (unpaired) electrons. The third-order valence-corrected chi connectivity index (χ3v) is 2.34. The molecule has 0 aromatic carbocycles. The molecule has 0 aliphatic heterocycles. The minimum atomic E-state index is -0.154. The zero-order valence-corrected chi connectivity index (χ0v) is 11.6. The van der Waals surface area contributed by atoms with Gasteiger partial charge in [-0.25, -0.2) is 0 Å². The van der Waals surface area contributed by atoms with Crippen LogP contribution >= 0.6 is 0 Å². The Bertz CT molecular complexity index is 356. The highest BCUT2D eigenvalue weighted by atomic mass is 16.5. The Morgan fingerprint density at radius 1 is 1.05 bits per heavy atom. The lowest BCUT2D eigenvalue weighted by Crippen LogP contribution is -1.98. The van der Waals surface area contributed by atoms with Crippen LogP contribution in [0, 0.1) is 11.8 Å². The molecular weight excluding hydrogens is 240 g/mol. The van der Waals surface area contributed by atoms with Crippen LogP contribution < -0.4 is 0 Å². The zero-order chi connectivity index (χ0) is 14.2.